The second kappa shape index (κ2) is 6.51. The molecule has 6 nitrogen and oxygen atoms in total. The third-order valence-corrected chi connectivity index (χ3v) is 3.67. The number of nitrogens with one attached hydrogen (secondary N) is 2. The van der Waals surface area contributed by atoms with Crippen LogP contribution in [-0.4, -0.2) is 28.3 Å². The maximum atomic E-state index is 13.4. The standard InChI is InChI=1S/C16H15FN4O2/c17-10-1-2-14-12(7-10)13(8-15(22)21-14)16(23)20-4-3-11-9-18-5-6-19-11/h1-2,5-7,9,13H,3-4,8H2,(H,20,23)(H,21,22). The van der Waals surface area contributed by atoms with E-state index in [1.165, 1.54) is 18.2 Å². The summed E-state index contributed by atoms with van der Waals surface area (Å²) in [5.41, 5.74) is 1.75. The molecule has 2 N–H and O–H groups in total. The Labute approximate surface area is 132 Å². The number of amides is 2. The van der Waals surface area contributed by atoms with Crippen molar-refractivity contribution in [3.8, 4) is 0 Å². The van der Waals surface area contributed by atoms with Crippen LogP contribution in [0.15, 0.2) is 36.8 Å². The summed E-state index contributed by atoms with van der Waals surface area (Å²) in [5.74, 6) is -1.66. The van der Waals surface area contributed by atoms with Gasteiger partial charge in [-0.05, 0) is 23.8 Å². The maximum absolute atomic E-state index is 13.4. The van der Waals surface area contributed by atoms with E-state index in [0.29, 0.717) is 24.2 Å². The molecule has 1 atom stereocenters. The molecule has 1 aliphatic heterocycles. The summed E-state index contributed by atoms with van der Waals surface area (Å²) in [6.07, 6.45) is 5.34. The predicted molar refractivity (Wildman–Crippen MR) is 81.1 cm³/mol. The number of hydrogen-bond donors (Lipinski definition) is 2. The Morgan fingerprint density at radius 1 is 1.39 bits per heavy atom. The summed E-state index contributed by atoms with van der Waals surface area (Å²) in [6, 6.07) is 4.02. The van der Waals surface area contributed by atoms with Crippen LogP contribution >= 0.6 is 0 Å². The molecule has 2 aromatic rings. The largest absolute Gasteiger partial charge is 0.355 e. The van der Waals surface area contributed by atoms with E-state index < -0.39 is 11.7 Å². The van der Waals surface area contributed by atoms with E-state index in [4.69, 9.17) is 0 Å². The molecule has 0 spiro atoms. The molecular weight excluding hydrogens is 299 g/mol. The number of anilines is 1. The second-order valence-corrected chi connectivity index (χ2v) is 5.27. The van der Waals surface area contributed by atoms with Gasteiger partial charge in [-0.15, -0.1) is 0 Å². The molecule has 2 amide bonds. The van der Waals surface area contributed by atoms with E-state index in [-0.39, 0.29) is 18.2 Å². The highest BCUT2D eigenvalue weighted by Crippen LogP contribution is 2.32. The normalized spacial score (nSPS) is 16.4. The van der Waals surface area contributed by atoms with Crippen LogP contribution in [0.25, 0.3) is 0 Å². The molecule has 1 unspecified atom stereocenters. The zero-order valence-electron chi connectivity index (χ0n) is 12.3. The van der Waals surface area contributed by atoms with Crippen LogP contribution in [0, 0.1) is 5.82 Å². The highest BCUT2D eigenvalue weighted by molar-refractivity contribution is 6.01. The molecule has 0 saturated heterocycles. The third kappa shape index (κ3) is 3.50. The van der Waals surface area contributed by atoms with Gasteiger partial charge in [-0.3, -0.25) is 19.6 Å². The van der Waals surface area contributed by atoms with Gasteiger partial charge in [0.25, 0.3) is 0 Å². The molecular formula is C16H15FN4O2. The van der Waals surface area contributed by atoms with Crippen molar-refractivity contribution in [3.05, 3.63) is 53.9 Å². The molecule has 0 radical (unpaired) electrons. The minimum absolute atomic E-state index is 0.00737. The SMILES string of the molecule is O=C1CC(C(=O)NCCc2cnccn2)c2cc(F)ccc2N1. The lowest BCUT2D eigenvalue weighted by atomic mass is 9.89. The molecule has 1 aromatic carbocycles. The summed E-state index contributed by atoms with van der Waals surface area (Å²) in [4.78, 5) is 32.1. The first-order valence-corrected chi connectivity index (χ1v) is 7.25. The van der Waals surface area contributed by atoms with E-state index in [1.807, 2.05) is 0 Å². The number of aromatic nitrogens is 2. The summed E-state index contributed by atoms with van der Waals surface area (Å²) in [5, 5.41) is 5.42. The first-order chi connectivity index (χ1) is 11.1. The minimum atomic E-state index is -0.684. The monoisotopic (exact) mass is 314 g/mol. The fourth-order valence-electron chi connectivity index (χ4n) is 2.56. The Balaban J connectivity index is 1.68. The van der Waals surface area contributed by atoms with E-state index in [1.54, 1.807) is 18.6 Å². The van der Waals surface area contributed by atoms with Gasteiger partial charge < -0.3 is 10.6 Å². The van der Waals surface area contributed by atoms with Crippen LogP contribution < -0.4 is 10.6 Å². The first-order valence-electron chi connectivity index (χ1n) is 7.25. The minimum Gasteiger partial charge on any atom is -0.355 e. The quantitative estimate of drug-likeness (QED) is 0.893. The van der Waals surface area contributed by atoms with Crippen molar-refractivity contribution in [2.45, 2.75) is 18.8 Å². The van der Waals surface area contributed by atoms with Gasteiger partial charge in [0.05, 0.1) is 11.6 Å². The topological polar surface area (TPSA) is 84.0 Å². The molecule has 3 rings (SSSR count). The van der Waals surface area contributed by atoms with Crippen LogP contribution in [0.5, 0.6) is 0 Å². The van der Waals surface area contributed by atoms with Crippen molar-refractivity contribution < 1.29 is 14.0 Å². The summed E-state index contributed by atoms with van der Waals surface area (Å²) < 4.78 is 13.4. The van der Waals surface area contributed by atoms with Crippen molar-refractivity contribution in [3.63, 3.8) is 0 Å². The predicted octanol–water partition coefficient (Wildman–Crippen LogP) is 1.40. The van der Waals surface area contributed by atoms with Gasteiger partial charge in [0, 0.05) is 43.7 Å². The molecule has 1 aromatic heterocycles. The van der Waals surface area contributed by atoms with Gasteiger partial charge in [0.2, 0.25) is 11.8 Å². The molecule has 0 bridgehead atoms. The molecule has 1 aliphatic rings. The Kier molecular flexibility index (Phi) is 4.27. The summed E-state index contributed by atoms with van der Waals surface area (Å²) >= 11 is 0. The number of carbonyl (C=O) groups excluding carboxylic acids is 2. The number of halogens is 1. The average Bonchev–Trinajstić information content (AvgIpc) is 2.55. The zero-order valence-corrected chi connectivity index (χ0v) is 12.3. The fourth-order valence-corrected chi connectivity index (χ4v) is 2.56. The second-order valence-electron chi connectivity index (χ2n) is 5.27. The van der Waals surface area contributed by atoms with E-state index in [0.717, 1.165) is 5.69 Å². The molecule has 0 fully saturated rings. The van der Waals surface area contributed by atoms with E-state index in [9.17, 15) is 14.0 Å². The lowest BCUT2D eigenvalue weighted by Gasteiger charge is -2.24. The number of rotatable bonds is 4. The van der Waals surface area contributed by atoms with Gasteiger partial charge in [0.15, 0.2) is 0 Å². The van der Waals surface area contributed by atoms with Crippen LogP contribution in [0.2, 0.25) is 0 Å². The molecule has 23 heavy (non-hydrogen) atoms. The van der Waals surface area contributed by atoms with Gasteiger partial charge in [-0.1, -0.05) is 0 Å². The number of fused-ring (bicyclic) bond motifs is 1. The van der Waals surface area contributed by atoms with Crippen molar-refractivity contribution in [2.24, 2.45) is 0 Å². The van der Waals surface area contributed by atoms with Crippen LogP contribution in [0.3, 0.4) is 0 Å². The van der Waals surface area contributed by atoms with Crippen molar-refractivity contribution in [1.82, 2.24) is 15.3 Å². The van der Waals surface area contributed by atoms with Crippen LogP contribution in [0.4, 0.5) is 10.1 Å². The lowest BCUT2D eigenvalue weighted by Crippen LogP contribution is -2.36. The number of nitrogens with zero attached hydrogens (tertiary/aromatic N) is 2. The highest BCUT2D eigenvalue weighted by Gasteiger charge is 2.30. The molecule has 0 aliphatic carbocycles. The number of carbonyl (C=O) groups is 2. The van der Waals surface area contributed by atoms with Gasteiger partial charge in [-0.2, -0.15) is 0 Å². The molecule has 7 heteroatoms. The van der Waals surface area contributed by atoms with Gasteiger partial charge in [0.1, 0.15) is 5.82 Å². The van der Waals surface area contributed by atoms with Gasteiger partial charge in [-0.25, -0.2) is 4.39 Å². The molecule has 118 valence electrons. The van der Waals surface area contributed by atoms with Crippen molar-refractivity contribution in [1.29, 1.82) is 0 Å². The Morgan fingerprint density at radius 2 is 2.26 bits per heavy atom. The van der Waals surface area contributed by atoms with Crippen LogP contribution in [-0.2, 0) is 16.0 Å². The van der Waals surface area contributed by atoms with E-state index in [2.05, 4.69) is 20.6 Å². The smallest absolute Gasteiger partial charge is 0.228 e. The number of benzene rings is 1. The first kappa shape index (κ1) is 15.1. The Bertz CT molecular complexity index is 736. The molecule has 2 heterocycles. The van der Waals surface area contributed by atoms with Gasteiger partial charge >= 0.3 is 0 Å². The fraction of sp³-hybridized carbons (Fsp3) is 0.250. The number of hydrogen-bond acceptors (Lipinski definition) is 4. The van der Waals surface area contributed by atoms with Crippen LogP contribution in [0.1, 0.15) is 23.6 Å². The van der Waals surface area contributed by atoms with E-state index >= 15 is 0 Å². The summed E-state index contributed by atoms with van der Waals surface area (Å²) in [7, 11) is 0. The van der Waals surface area contributed by atoms with Crippen molar-refractivity contribution >= 4 is 17.5 Å². The average molecular weight is 314 g/mol. The molecule has 0 saturated carbocycles. The zero-order chi connectivity index (χ0) is 16.2. The highest BCUT2D eigenvalue weighted by atomic mass is 19.1. The third-order valence-electron chi connectivity index (χ3n) is 3.67. The Morgan fingerprint density at radius 3 is 3.04 bits per heavy atom. The van der Waals surface area contributed by atoms with Crippen molar-refractivity contribution in [2.75, 3.05) is 11.9 Å². The lowest BCUT2D eigenvalue weighted by molar-refractivity contribution is -0.126. The summed E-state index contributed by atoms with van der Waals surface area (Å²) in [6.45, 7) is 0.375. The maximum Gasteiger partial charge on any atom is 0.228 e. The Hall–Kier alpha value is -2.83.